The summed E-state index contributed by atoms with van der Waals surface area (Å²) in [6.45, 7) is 0.652. The molecule has 0 radical (unpaired) electrons. The van der Waals surface area contributed by atoms with E-state index in [1.165, 1.54) is 11.8 Å². The number of thioether (sulfide) groups is 1. The molecule has 0 saturated heterocycles. The molecule has 6 heteroatoms. The fraction of sp³-hybridized carbons (Fsp3) is 0.185. The van der Waals surface area contributed by atoms with Crippen LogP contribution in [0.15, 0.2) is 95.5 Å². The Morgan fingerprint density at radius 3 is 2.30 bits per heavy atom. The smallest absolute Gasteiger partial charge is 0.245 e. The fourth-order valence-corrected chi connectivity index (χ4v) is 5.35. The number of carbonyl (C=O) groups excluding carboxylic acids is 1. The maximum atomic E-state index is 13.8. The van der Waals surface area contributed by atoms with E-state index >= 15 is 0 Å². The molecule has 1 atom stereocenters. The maximum absolute atomic E-state index is 13.8. The first-order chi connectivity index (χ1) is 16.1. The van der Waals surface area contributed by atoms with Crippen molar-refractivity contribution in [1.82, 2.24) is 4.90 Å². The van der Waals surface area contributed by atoms with Crippen LogP contribution in [0.1, 0.15) is 17.5 Å². The van der Waals surface area contributed by atoms with Crippen LogP contribution in [-0.2, 0) is 16.1 Å². The van der Waals surface area contributed by atoms with Crippen molar-refractivity contribution >= 4 is 23.4 Å². The molecule has 1 heterocycles. The van der Waals surface area contributed by atoms with Crippen LogP contribution in [0.4, 0.5) is 5.69 Å². The van der Waals surface area contributed by atoms with Gasteiger partial charge in [-0.15, -0.1) is 0 Å². The zero-order valence-corrected chi connectivity index (χ0v) is 19.4. The summed E-state index contributed by atoms with van der Waals surface area (Å²) in [5.41, 5.74) is 3.32. The predicted octanol–water partition coefficient (Wildman–Crippen LogP) is 5.53. The van der Waals surface area contributed by atoms with Crippen molar-refractivity contribution in [2.45, 2.75) is 17.7 Å². The average Bonchev–Trinajstić information content (AvgIpc) is 3.27. The standard InChI is InChI=1S/C27H25N3O2S/c1-30(19-20-9-5-3-6-10-20)25-21(18-28)17-27(33-25,22-11-7-4-8-12-22)26(31)29-23-13-15-24(32-2)16-14-23/h3-16H,17,19H2,1-2H3,(H,29,31). The van der Waals surface area contributed by atoms with Crippen molar-refractivity contribution in [1.29, 1.82) is 5.26 Å². The van der Waals surface area contributed by atoms with E-state index in [2.05, 4.69) is 28.4 Å². The second kappa shape index (κ2) is 9.85. The van der Waals surface area contributed by atoms with Gasteiger partial charge in [0.2, 0.25) is 5.91 Å². The first kappa shape index (κ1) is 22.5. The molecule has 166 valence electrons. The summed E-state index contributed by atoms with van der Waals surface area (Å²) in [4.78, 5) is 15.8. The molecule has 1 aliphatic heterocycles. The number of nitrogens with one attached hydrogen (secondary N) is 1. The Morgan fingerprint density at radius 1 is 1.06 bits per heavy atom. The van der Waals surface area contributed by atoms with E-state index < -0.39 is 4.75 Å². The highest BCUT2D eigenvalue weighted by Gasteiger charge is 2.48. The third-order valence-corrected chi connectivity index (χ3v) is 7.32. The van der Waals surface area contributed by atoms with E-state index in [9.17, 15) is 10.1 Å². The number of amides is 1. The molecular formula is C27H25N3O2S. The fourth-order valence-electron chi connectivity index (χ4n) is 3.94. The molecule has 33 heavy (non-hydrogen) atoms. The van der Waals surface area contributed by atoms with Gasteiger partial charge in [0, 0.05) is 25.7 Å². The molecule has 3 aromatic rings. The topological polar surface area (TPSA) is 65.4 Å². The zero-order chi connectivity index (χ0) is 23.3. The largest absolute Gasteiger partial charge is 0.497 e. The highest BCUT2D eigenvalue weighted by atomic mass is 32.2. The van der Waals surface area contributed by atoms with Crippen molar-refractivity contribution in [3.05, 3.63) is 107 Å². The summed E-state index contributed by atoms with van der Waals surface area (Å²) in [5.74, 6) is 0.569. The van der Waals surface area contributed by atoms with Crippen LogP contribution in [0.5, 0.6) is 5.75 Å². The number of hydrogen-bond acceptors (Lipinski definition) is 5. The third-order valence-electron chi connectivity index (χ3n) is 5.65. The van der Waals surface area contributed by atoms with Crippen molar-refractivity contribution in [3.63, 3.8) is 0 Å². The van der Waals surface area contributed by atoms with Crippen LogP contribution in [0.3, 0.4) is 0 Å². The van der Waals surface area contributed by atoms with Gasteiger partial charge in [0.05, 0.1) is 23.8 Å². The number of carbonyl (C=O) groups is 1. The second-order valence-electron chi connectivity index (χ2n) is 7.89. The molecule has 1 N–H and O–H groups in total. The van der Waals surface area contributed by atoms with Crippen LogP contribution in [0.2, 0.25) is 0 Å². The normalized spacial score (nSPS) is 17.4. The molecule has 0 fully saturated rings. The van der Waals surface area contributed by atoms with E-state index in [1.54, 1.807) is 7.11 Å². The summed E-state index contributed by atoms with van der Waals surface area (Å²) >= 11 is 1.45. The second-order valence-corrected chi connectivity index (χ2v) is 9.18. The Kier molecular flexibility index (Phi) is 6.71. The highest BCUT2D eigenvalue weighted by Crippen LogP contribution is 2.54. The Labute approximate surface area is 198 Å². The quantitative estimate of drug-likeness (QED) is 0.507. The minimum atomic E-state index is -0.938. The number of rotatable bonds is 7. The van der Waals surface area contributed by atoms with Gasteiger partial charge in [0.25, 0.3) is 0 Å². The van der Waals surface area contributed by atoms with Gasteiger partial charge >= 0.3 is 0 Å². The summed E-state index contributed by atoms with van der Waals surface area (Å²) < 4.78 is 4.28. The Balaban J connectivity index is 1.65. The van der Waals surface area contributed by atoms with Gasteiger partial charge in [-0.25, -0.2) is 0 Å². The van der Waals surface area contributed by atoms with E-state index in [0.717, 1.165) is 21.9 Å². The number of methoxy groups -OCH3 is 1. The average molecular weight is 456 g/mol. The SMILES string of the molecule is COc1ccc(NC(=O)C2(c3ccccc3)CC(C#N)=C(N(C)Cc3ccccc3)S2)cc1. The number of allylic oxidation sites excluding steroid dienone is 1. The van der Waals surface area contributed by atoms with E-state index in [1.807, 2.05) is 79.8 Å². The van der Waals surface area contributed by atoms with E-state index in [0.29, 0.717) is 24.2 Å². The minimum Gasteiger partial charge on any atom is -0.497 e. The number of nitrogens with zero attached hydrogens (tertiary/aromatic N) is 2. The molecule has 0 aromatic heterocycles. The summed E-state index contributed by atoms with van der Waals surface area (Å²) in [6, 6.07) is 29.4. The van der Waals surface area contributed by atoms with Gasteiger partial charge in [-0.3, -0.25) is 4.79 Å². The third kappa shape index (κ3) is 4.74. The van der Waals surface area contributed by atoms with Gasteiger partial charge in [0.1, 0.15) is 10.5 Å². The molecule has 0 bridgehead atoms. The highest BCUT2D eigenvalue weighted by molar-refractivity contribution is 8.04. The van der Waals surface area contributed by atoms with Gasteiger partial charge in [-0.2, -0.15) is 5.26 Å². The van der Waals surface area contributed by atoms with E-state index in [4.69, 9.17) is 4.74 Å². The molecule has 0 aliphatic carbocycles. The van der Waals surface area contributed by atoms with Crippen molar-refractivity contribution in [2.75, 3.05) is 19.5 Å². The van der Waals surface area contributed by atoms with Gasteiger partial charge in [0.15, 0.2) is 0 Å². The van der Waals surface area contributed by atoms with Crippen LogP contribution < -0.4 is 10.1 Å². The van der Waals surface area contributed by atoms with Gasteiger partial charge in [-0.1, -0.05) is 72.4 Å². The van der Waals surface area contributed by atoms with Crippen LogP contribution in [0.25, 0.3) is 0 Å². The molecule has 3 aromatic carbocycles. The first-order valence-electron chi connectivity index (χ1n) is 10.6. The summed E-state index contributed by atoms with van der Waals surface area (Å²) in [5, 5.41) is 13.9. The zero-order valence-electron chi connectivity index (χ0n) is 18.6. The van der Waals surface area contributed by atoms with Crippen molar-refractivity contribution < 1.29 is 9.53 Å². The van der Waals surface area contributed by atoms with Crippen LogP contribution in [0, 0.1) is 11.3 Å². The lowest BCUT2D eigenvalue weighted by atomic mass is 9.90. The van der Waals surface area contributed by atoms with Gasteiger partial charge < -0.3 is 15.0 Å². The first-order valence-corrected chi connectivity index (χ1v) is 11.5. The van der Waals surface area contributed by atoms with E-state index in [-0.39, 0.29) is 5.91 Å². The number of benzene rings is 3. The number of anilines is 1. The number of hydrogen-bond donors (Lipinski definition) is 1. The molecule has 4 rings (SSSR count). The molecule has 1 amide bonds. The lowest BCUT2D eigenvalue weighted by molar-refractivity contribution is -0.118. The molecule has 0 spiro atoms. The summed E-state index contributed by atoms with van der Waals surface area (Å²) in [6.07, 6.45) is 0.328. The summed E-state index contributed by atoms with van der Waals surface area (Å²) in [7, 11) is 3.57. The lowest BCUT2D eigenvalue weighted by Crippen LogP contribution is -2.36. The molecule has 0 saturated carbocycles. The monoisotopic (exact) mass is 455 g/mol. The lowest BCUT2D eigenvalue weighted by Gasteiger charge is -2.29. The molecule has 5 nitrogen and oxygen atoms in total. The number of ether oxygens (including phenoxy) is 1. The maximum Gasteiger partial charge on any atom is 0.245 e. The van der Waals surface area contributed by atoms with Crippen molar-refractivity contribution in [3.8, 4) is 11.8 Å². The minimum absolute atomic E-state index is 0.153. The Morgan fingerprint density at radius 2 is 1.70 bits per heavy atom. The van der Waals surface area contributed by atoms with Gasteiger partial charge in [-0.05, 0) is 35.4 Å². The van der Waals surface area contributed by atoms with Crippen molar-refractivity contribution in [2.24, 2.45) is 0 Å². The Bertz CT molecular complexity index is 1190. The molecule has 1 unspecified atom stereocenters. The molecule has 1 aliphatic rings. The van der Waals surface area contributed by atoms with Crippen LogP contribution >= 0.6 is 11.8 Å². The molecular weight excluding hydrogens is 430 g/mol. The Hall–Kier alpha value is -3.69. The number of nitriles is 1. The van der Waals surface area contributed by atoms with Crippen LogP contribution in [-0.4, -0.2) is 25.0 Å². The predicted molar refractivity (Wildman–Crippen MR) is 132 cm³/mol.